The molecule has 1 fully saturated rings. The van der Waals surface area contributed by atoms with Gasteiger partial charge in [-0.2, -0.15) is 0 Å². The van der Waals surface area contributed by atoms with Gasteiger partial charge in [-0.05, 0) is 23.8 Å². The van der Waals surface area contributed by atoms with Gasteiger partial charge in [-0.1, -0.05) is 12.2 Å². The van der Waals surface area contributed by atoms with Gasteiger partial charge in [-0.25, -0.2) is 0 Å². The highest BCUT2D eigenvalue weighted by Gasteiger charge is 2.13. The minimum absolute atomic E-state index is 0.860. The number of hydrogen-bond donors (Lipinski definition) is 0. The van der Waals surface area contributed by atoms with E-state index < -0.39 is 0 Å². The standard InChI is InChI=1S/C17H18N2OS/c1-2-13-10-14(11-18-16(13)3-1)17-5-4-15(21-17)12-19-6-8-20-9-7-19/h1-2,4-5,10-11H,3,6-9,12H2. The summed E-state index contributed by atoms with van der Waals surface area (Å²) in [6.07, 6.45) is 7.34. The van der Waals surface area contributed by atoms with Gasteiger partial charge in [-0.3, -0.25) is 9.88 Å². The molecule has 0 saturated carbocycles. The third-order valence-corrected chi connectivity index (χ3v) is 5.16. The number of morpholine rings is 1. The molecule has 2 aliphatic rings. The third kappa shape index (κ3) is 2.79. The Morgan fingerprint density at radius 1 is 1.24 bits per heavy atom. The molecule has 0 bridgehead atoms. The predicted octanol–water partition coefficient (Wildman–Crippen LogP) is 3.21. The van der Waals surface area contributed by atoms with Crippen LogP contribution in [0.25, 0.3) is 16.5 Å². The monoisotopic (exact) mass is 298 g/mol. The van der Waals surface area contributed by atoms with Crippen molar-refractivity contribution in [3.05, 3.63) is 46.6 Å². The predicted molar refractivity (Wildman–Crippen MR) is 86.4 cm³/mol. The fraction of sp³-hybridized carbons (Fsp3) is 0.353. The first kappa shape index (κ1) is 13.2. The summed E-state index contributed by atoms with van der Waals surface area (Å²) in [4.78, 5) is 9.77. The highest BCUT2D eigenvalue weighted by atomic mass is 32.1. The van der Waals surface area contributed by atoms with Gasteiger partial charge < -0.3 is 4.74 Å². The quantitative estimate of drug-likeness (QED) is 0.870. The van der Waals surface area contributed by atoms with Crippen molar-refractivity contribution in [1.29, 1.82) is 0 Å². The van der Waals surface area contributed by atoms with Crippen LogP contribution < -0.4 is 0 Å². The Bertz CT molecular complexity index is 671. The van der Waals surface area contributed by atoms with Crippen LogP contribution in [-0.2, 0) is 17.7 Å². The van der Waals surface area contributed by atoms with Crippen molar-refractivity contribution in [1.82, 2.24) is 9.88 Å². The van der Waals surface area contributed by atoms with E-state index in [2.05, 4.69) is 40.2 Å². The van der Waals surface area contributed by atoms with Crippen LogP contribution in [0.15, 0.2) is 30.5 Å². The van der Waals surface area contributed by atoms with Crippen LogP contribution in [0.5, 0.6) is 0 Å². The zero-order chi connectivity index (χ0) is 14.1. The number of fused-ring (bicyclic) bond motifs is 1. The summed E-state index contributed by atoms with van der Waals surface area (Å²) in [5.74, 6) is 0. The van der Waals surface area contributed by atoms with Crippen molar-refractivity contribution in [2.45, 2.75) is 13.0 Å². The highest BCUT2D eigenvalue weighted by molar-refractivity contribution is 7.15. The lowest BCUT2D eigenvalue weighted by molar-refractivity contribution is 0.0346. The number of aromatic nitrogens is 1. The summed E-state index contributed by atoms with van der Waals surface area (Å²) in [5.41, 5.74) is 3.71. The van der Waals surface area contributed by atoms with Gasteiger partial charge in [0.05, 0.1) is 18.9 Å². The highest BCUT2D eigenvalue weighted by Crippen LogP contribution is 2.31. The summed E-state index contributed by atoms with van der Waals surface area (Å²) in [6, 6.07) is 6.73. The molecule has 0 aromatic carbocycles. The summed E-state index contributed by atoms with van der Waals surface area (Å²) in [5, 5.41) is 0. The van der Waals surface area contributed by atoms with Crippen molar-refractivity contribution in [2.24, 2.45) is 0 Å². The Balaban J connectivity index is 1.52. The lowest BCUT2D eigenvalue weighted by atomic mass is 10.1. The minimum Gasteiger partial charge on any atom is -0.379 e. The van der Waals surface area contributed by atoms with Crippen molar-refractivity contribution in [3.8, 4) is 10.4 Å². The molecule has 0 unspecified atom stereocenters. The van der Waals surface area contributed by atoms with E-state index in [1.165, 1.54) is 26.6 Å². The molecular formula is C17H18N2OS. The van der Waals surface area contributed by atoms with Gasteiger partial charge >= 0.3 is 0 Å². The Hall–Kier alpha value is -1.49. The smallest absolute Gasteiger partial charge is 0.0594 e. The second-order valence-electron chi connectivity index (χ2n) is 5.52. The normalized spacial score (nSPS) is 18.1. The molecule has 2 aromatic heterocycles. The van der Waals surface area contributed by atoms with E-state index in [0.29, 0.717) is 0 Å². The second kappa shape index (κ2) is 5.72. The molecular weight excluding hydrogens is 280 g/mol. The third-order valence-electron chi connectivity index (χ3n) is 4.04. The number of pyridine rings is 1. The van der Waals surface area contributed by atoms with Gasteiger partial charge in [0, 0.05) is 47.6 Å². The minimum atomic E-state index is 0.860. The van der Waals surface area contributed by atoms with Crippen molar-refractivity contribution < 1.29 is 4.74 Å². The molecule has 1 saturated heterocycles. The van der Waals surface area contributed by atoms with Gasteiger partial charge in [0.2, 0.25) is 0 Å². The summed E-state index contributed by atoms with van der Waals surface area (Å²) in [7, 11) is 0. The molecule has 0 N–H and O–H groups in total. The number of thiophene rings is 1. The first-order valence-electron chi connectivity index (χ1n) is 7.43. The van der Waals surface area contributed by atoms with Crippen LogP contribution >= 0.6 is 11.3 Å². The van der Waals surface area contributed by atoms with E-state index >= 15 is 0 Å². The average molecular weight is 298 g/mol. The van der Waals surface area contributed by atoms with Crippen molar-refractivity contribution in [2.75, 3.05) is 26.3 Å². The Labute approximate surface area is 128 Å². The van der Waals surface area contributed by atoms with Crippen LogP contribution in [0.1, 0.15) is 16.1 Å². The summed E-state index contributed by atoms with van der Waals surface area (Å²) < 4.78 is 5.40. The maximum atomic E-state index is 5.40. The van der Waals surface area contributed by atoms with Crippen molar-refractivity contribution in [3.63, 3.8) is 0 Å². The first-order valence-corrected chi connectivity index (χ1v) is 8.25. The Kier molecular flexibility index (Phi) is 3.59. The van der Waals surface area contributed by atoms with E-state index in [1.807, 2.05) is 17.5 Å². The van der Waals surface area contributed by atoms with E-state index in [4.69, 9.17) is 4.74 Å². The SMILES string of the molecule is C1=Cc2cc(-c3ccc(CN4CCOCC4)s3)cnc2C1. The molecule has 0 atom stereocenters. The van der Waals surface area contributed by atoms with E-state index in [9.17, 15) is 0 Å². The van der Waals surface area contributed by atoms with E-state index in [-0.39, 0.29) is 0 Å². The molecule has 3 nitrogen and oxygen atoms in total. The topological polar surface area (TPSA) is 25.4 Å². The first-order chi connectivity index (χ1) is 10.4. The lowest BCUT2D eigenvalue weighted by Crippen LogP contribution is -2.35. The van der Waals surface area contributed by atoms with Gasteiger partial charge in [0.1, 0.15) is 0 Å². The molecule has 108 valence electrons. The van der Waals surface area contributed by atoms with Gasteiger partial charge in [-0.15, -0.1) is 11.3 Å². The molecule has 0 radical (unpaired) electrons. The van der Waals surface area contributed by atoms with Gasteiger partial charge in [0.25, 0.3) is 0 Å². The zero-order valence-electron chi connectivity index (χ0n) is 11.9. The molecule has 0 amide bonds. The number of hydrogen-bond acceptors (Lipinski definition) is 4. The van der Waals surface area contributed by atoms with Crippen molar-refractivity contribution >= 4 is 17.4 Å². The summed E-state index contributed by atoms with van der Waals surface area (Å²) >= 11 is 1.88. The van der Waals surface area contributed by atoms with Crippen LogP contribution in [0.2, 0.25) is 0 Å². The summed E-state index contributed by atoms with van der Waals surface area (Å²) in [6.45, 7) is 4.84. The number of nitrogens with zero attached hydrogens (tertiary/aromatic N) is 2. The maximum Gasteiger partial charge on any atom is 0.0594 e. The molecule has 3 heterocycles. The Morgan fingerprint density at radius 3 is 3.05 bits per heavy atom. The van der Waals surface area contributed by atoms with Gasteiger partial charge in [0.15, 0.2) is 0 Å². The maximum absolute atomic E-state index is 5.40. The van der Waals surface area contributed by atoms with Crippen LogP contribution in [-0.4, -0.2) is 36.2 Å². The molecule has 21 heavy (non-hydrogen) atoms. The number of ether oxygens (including phenoxy) is 1. The fourth-order valence-corrected chi connectivity index (χ4v) is 3.89. The fourth-order valence-electron chi connectivity index (χ4n) is 2.85. The second-order valence-corrected chi connectivity index (χ2v) is 6.69. The van der Waals surface area contributed by atoms with E-state index in [0.717, 1.165) is 39.3 Å². The largest absolute Gasteiger partial charge is 0.379 e. The molecule has 2 aromatic rings. The van der Waals surface area contributed by atoms with E-state index in [1.54, 1.807) is 0 Å². The average Bonchev–Trinajstić information content (AvgIpc) is 3.16. The molecule has 4 heteroatoms. The number of rotatable bonds is 3. The van der Waals surface area contributed by atoms with Crippen LogP contribution in [0.3, 0.4) is 0 Å². The Morgan fingerprint density at radius 2 is 2.14 bits per heavy atom. The lowest BCUT2D eigenvalue weighted by Gasteiger charge is -2.25. The van der Waals surface area contributed by atoms with Crippen LogP contribution in [0.4, 0.5) is 0 Å². The zero-order valence-corrected chi connectivity index (χ0v) is 12.7. The molecule has 0 spiro atoms. The molecule has 4 rings (SSSR count). The molecule has 1 aliphatic heterocycles. The number of allylic oxidation sites excluding steroid dienone is 1. The van der Waals surface area contributed by atoms with Crippen LogP contribution in [0, 0.1) is 0 Å². The molecule has 1 aliphatic carbocycles.